The highest BCUT2D eigenvalue weighted by molar-refractivity contribution is 5.96. The van der Waals surface area contributed by atoms with Crippen molar-refractivity contribution in [2.45, 2.75) is 13.1 Å². The number of H-pyrrole nitrogens is 1. The second-order valence-electron chi connectivity index (χ2n) is 5.30. The summed E-state index contributed by atoms with van der Waals surface area (Å²) in [5, 5.41) is 6.38. The average Bonchev–Trinajstić information content (AvgIpc) is 2.91. The highest BCUT2D eigenvalue weighted by atomic mass is 19.4. The van der Waals surface area contributed by atoms with Gasteiger partial charge in [0.1, 0.15) is 5.82 Å². The van der Waals surface area contributed by atoms with Crippen LogP contribution in [0.25, 0.3) is 28.1 Å². The van der Waals surface area contributed by atoms with Gasteiger partial charge >= 0.3 is 6.18 Å². The highest BCUT2D eigenvalue weighted by Gasteiger charge is 2.38. The summed E-state index contributed by atoms with van der Waals surface area (Å²) in [6, 6.07) is 3.60. The molecule has 2 aromatic heterocycles. The number of hydrogen-bond acceptors (Lipinski definition) is 3. The van der Waals surface area contributed by atoms with Crippen molar-refractivity contribution in [3.63, 3.8) is 0 Å². The Bertz CT molecular complexity index is 937. The van der Waals surface area contributed by atoms with Crippen molar-refractivity contribution < 1.29 is 17.6 Å². The van der Waals surface area contributed by atoms with Gasteiger partial charge in [-0.2, -0.15) is 18.3 Å². The lowest BCUT2D eigenvalue weighted by atomic mass is 9.95. The fraction of sp³-hybridized carbons (Fsp3) is 0.125. The predicted molar refractivity (Wildman–Crippen MR) is 82.1 cm³/mol. The van der Waals surface area contributed by atoms with E-state index < -0.39 is 17.6 Å². The third-order valence-electron chi connectivity index (χ3n) is 3.43. The van der Waals surface area contributed by atoms with Crippen molar-refractivity contribution in [1.82, 2.24) is 15.2 Å². The third kappa shape index (κ3) is 2.82. The summed E-state index contributed by atoms with van der Waals surface area (Å²) in [7, 11) is 0. The van der Waals surface area contributed by atoms with Gasteiger partial charge in [-0.3, -0.25) is 10.1 Å². The number of nitrogens with two attached hydrogens (primary N) is 1. The lowest BCUT2D eigenvalue weighted by Gasteiger charge is -2.15. The molecule has 0 amide bonds. The number of aromatic nitrogens is 3. The van der Waals surface area contributed by atoms with E-state index in [2.05, 4.69) is 15.2 Å². The smallest absolute Gasteiger partial charge is 0.402 e. The Kier molecular flexibility index (Phi) is 3.75. The average molecular weight is 336 g/mol. The van der Waals surface area contributed by atoms with Crippen LogP contribution in [0, 0.1) is 5.82 Å². The molecule has 24 heavy (non-hydrogen) atoms. The number of pyridine rings is 1. The molecule has 1 aromatic carbocycles. The molecule has 0 aliphatic rings. The van der Waals surface area contributed by atoms with Crippen molar-refractivity contribution in [2.75, 3.05) is 0 Å². The van der Waals surface area contributed by atoms with Gasteiger partial charge in [0.05, 0.1) is 23.0 Å². The van der Waals surface area contributed by atoms with Crippen molar-refractivity contribution >= 4 is 17.0 Å². The monoisotopic (exact) mass is 336 g/mol. The number of halogens is 4. The van der Waals surface area contributed by atoms with Gasteiger partial charge in [0.2, 0.25) is 0 Å². The molecule has 4 nitrogen and oxygen atoms in total. The van der Waals surface area contributed by atoms with Crippen LogP contribution in [0.15, 0.2) is 36.3 Å². The molecule has 3 N–H and O–H groups in total. The number of aromatic amines is 1. The van der Waals surface area contributed by atoms with E-state index in [4.69, 9.17) is 5.73 Å². The van der Waals surface area contributed by atoms with Gasteiger partial charge in [-0.15, -0.1) is 0 Å². The van der Waals surface area contributed by atoms with E-state index in [1.807, 2.05) is 0 Å². The minimum Gasteiger partial charge on any atom is -0.402 e. The first-order valence-electron chi connectivity index (χ1n) is 6.90. The minimum atomic E-state index is -4.85. The molecule has 0 saturated carbocycles. The first-order chi connectivity index (χ1) is 11.3. The van der Waals surface area contributed by atoms with E-state index in [1.165, 1.54) is 30.6 Å². The molecule has 0 aliphatic heterocycles. The Labute approximate surface area is 134 Å². The van der Waals surface area contributed by atoms with Crippen LogP contribution >= 0.6 is 0 Å². The summed E-state index contributed by atoms with van der Waals surface area (Å²) < 4.78 is 54.4. The van der Waals surface area contributed by atoms with Gasteiger partial charge in [-0.1, -0.05) is 0 Å². The normalized spacial score (nSPS) is 12.8. The molecule has 0 radical (unpaired) electrons. The molecule has 3 rings (SSSR count). The van der Waals surface area contributed by atoms with Gasteiger partial charge in [0, 0.05) is 28.9 Å². The zero-order chi connectivity index (χ0) is 17.5. The van der Waals surface area contributed by atoms with E-state index in [9.17, 15) is 17.6 Å². The number of benzene rings is 1. The zero-order valence-corrected chi connectivity index (χ0v) is 12.4. The molecule has 0 bridgehead atoms. The summed E-state index contributed by atoms with van der Waals surface area (Å²) in [4.78, 5) is 4.03. The fourth-order valence-corrected chi connectivity index (χ4v) is 2.55. The molecular weight excluding hydrogens is 324 g/mol. The Morgan fingerprint density at radius 3 is 2.71 bits per heavy atom. The fourth-order valence-electron chi connectivity index (χ4n) is 2.55. The maximum absolute atomic E-state index is 14.1. The van der Waals surface area contributed by atoms with Crippen LogP contribution in [0.3, 0.4) is 0 Å². The van der Waals surface area contributed by atoms with Gasteiger partial charge in [-0.05, 0) is 30.7 Å². The number of rotatable bonds is 2. The molecular formula is C16H12F4N4. The van der Waals surface area contributed by atoms with Crippen molar-refractivity contribution in [2.24, 2.45) is 5.73 Å². The molecule has 0 aliphatic carbocycles. The quantitative estimate of drug-likeness (QED) is 0.692. The molecule has 0 atom stereocenters. The number of nitrogens with zero attached hydrogens (tertiary/aromatic N) is 2. The van der Waals surface area contributed by atoms with Crippen LogP contribution in [0.5, 0.6) is 0 Å². The first-order valence-corrected chi connectivity index (χ1v) is 6.90. The van der Waals surface area contributed by atoms with E-state index in [0.29, 0.717) is 11.4 Å². The molecule has 8 heteroatoms. The van der Waals surface area contributed by atoms with Gasteiger partial charge in [0.25, 0.3) is 0 Å². The lowest BCUT2D eigenvalue weighted by Crippen LogP contribution is -2.11. The van der Waals surface area contributed by atoms with Crippen LogP contribution in [0.2, 0.25) is 0 Å². The number of alkyl halides is 3. The van der Waals surface area contributed by atoms with Gasteiger partial charge in [0.15, 0.2) is 0 Å². The number of hydrogen-bond donors (Lipinski definition) is 2. The van der Waals surface area contributed by atoms with Crippen LogP contribution in [-0.2, 0) is 6.18 Å². The van der Waals surface area contributed by atoms with E-state index >= 15 is 0 Å². The summed E-state index contributed by atoms with van der Waals surface area (Å²) in [6.07, 6.45) is -0.749. The minimum absolute atomic E-state index is 0.175. The summed E-state index contributed by atoms with van der Waals surface area (Å²) in [5.41, 5.74) is 5.15. The Morgan fingerprint density at radius 1 is 1.29 bits per heavy atom. The number of nitrogens with one attached hydrogen (secondary N) is 1. The van der Waals surface area contributed by atoms with E-state index in [-0.39, 0.29) is 22.0 Å². The molecule has 2 heterocycles. The second kappa shape index (κ2) is 5.63. The highest BCUT2D eigenvalue weighted by Crippen LogP contribution is 2.42. The second-order valence-corrected chi connectivity index (χ2v) is 5.30. The van der Waals surface area contributed by atoms with Crippen molar-refractivity contribution in [1.29, 1.82) is 0 Å². The maximum atomic E-state index is 14.1. The van der Waals surface area contributed by atoms with Crippen LogP contribution in [0.1, 0.15) is 18.2 Å². The van der Waals surface area contributed by atoms with Gasteiger partial charge < -0.3 is 5.73 Å². The standard InChI is InChI=1S/C16H12F4N4/c1-8(21)4-10-5-9(2-3-22-10)14-11-7-23-24-13(11)6-12(17)15(14)16(18,19)20/h2-7H,21H2,1H3,(H,23,24). The van der Waals surface area contributed by atoms with Crippen LogP contribution in [-0.4, -0.2) is 15.2 Å². The maximum Gasteiger partial charge on any atom is 0.419 e. The SMILES string of the molecule is CC(N)=Cc1cc(-c2c(C(F)(F)F)c(F)cc3[nH]ncc23)ccn1. The summed E-state index contributed by atoms with van der Waals surface area (Å²) in [6.45, 7) is 1.63. The van der Waals surface area contributed by atoms with Crippen LogP contribution < -0.4 is 5.73 Å². The number of fused-ring (bicyclic) bond motifs is 1. The molecule has 0 saturated heterocycles. The largest absolute Gasteiger partial charge is 0.419 e. The predicted octanol–water partition coefficient (Wildman–Crippen LogP) is 4.10. The van der Waals surface area contributed by atoms with Gasteiger partial charge in [-0.25, -0.2) is 4.39 Å². The molecule has 124 valence electrons. The topological polar surface area (TPSA) is 67.6 Å². The van der Waals surface area contributed by atoms with E-state index in [1.54, 1.807) is 6.92 Å². The summed E-state index contributed by atoms with van der Waals surface area (Å²) in [5.74, 6) is -1.36. The summed E-state index contributed by atoms with van der Waals surface area (Å²) >= 11 is 0. The molecule has 0 unspecified atom stereocenters. The van der Waals surface area contributed by atoms with E-state index in [0.717, 1.165) is 6.07 Å². The van der Waals surface area contributed by atoms with Crippen molar-refractivity contribution in [3.8, 4) is 11.1 Å². The Hall–Kier alpha value is -2.90. The lowest BCUT2D eigenvalue weighted by molar-refractivity contribution is -0.139. The zero-order valence-electron chi connectivity index (χ0n) is 12.4. The Morgan fingerprint density at radius 2 is 2.04 bits per heavy atom. The molecule has 0 spiro atoms. The molecule has 0 fully saturated rings. The number of allylic oxidation sites excluding steroid dienone is 1. The third-order valence-corrected chi connectivity index (χ3v) is 3.43. The molecule has 3 aromatic rings. The first kappa shape index (κ1) is 16.0. The Balaban J connectivity index is 2.36. The van der Waals surface area contributed by atoms with Crippen molar-refractivity contribution in [3.05, 3.63) is 53.4 Å². The van der Waals surface area contributed by atoms with Crippen LogP contribution in [0.4, 0.5) is 17.6 Å².